The van der Waals surface area contributed by atoms with Gasteiger partial charge in [0.2, 0.25) is 0 Å². The summed E-state index contributed by atoms with van der Waals surface area (Å²) in [6.07, 6.45) is 2.56. The minimum absolute atomic E-state index is 0.676. The van der Waals surface area contributed by atoms with E-state index in [0.29, 0.717) is 13.2 Å². The van der Waals surface area contributed by atoms with Crippen molar-refractivity contribution in [3.05, 3.63) is 71.8 Å². The predicted octanol–water partition coefficient (Wildman–Crippen LogP) is 4.20. The molecule has 0 N–H and O–H groups in total. The van der Waals surface area contributed by atoms with Crippen molar-refractivity contribution in [1.29, 1.82) is 0 Å². The monoisotopic (exact) mass is 270 g/mol. The summed E-state index contributed by atoms with van der Waals surface area (Å²) in [4.78, 5) is 0. The summed E-state index contributed by atoms with van der Waals surface area (Å²) in [6.45, 7) is 3.35. The first-order valence-corrected chi connectivity index (χ1v) is 7.18. The molecule has 0 saturated carbocycles. The van der Waals surface area contributed by atoms with E-state index in [1.54, 1.807) is 0 Å². The average Bonchev–Trinajstić information content (AvgIpc) is 3.09. The van der Waals surface area contributed by atoms with Gasteiger partial charge >= 0.3 is 0 Å². The number of ether oxygens (including phenoxy) is 2. The van der Waals surface area contributed by atoms with E-state index in [0.717, 1.165) is 13.2 Å². The second-order valence-corrected chi connectivity index (χ2v) is 4.78. The maximum Gasteiger partial charge on any atom is 0.0721 e. The van der Waals surface area contributed by atoms with Crippen molar-refractivity contribution < 1.29 is 9.47 Å². The van der Waals surface area contributed by atoms with Crippen LogP contribution in [-0.4, -0.2) is 13.2 Å². The maximum atomic E-state index is 5.61. The molecule has 0 unspecified atom stereocenters. The van der Waals surface area contributed by atoms with Crippen molar-refractivity contribution in [1.82, 2.24) is 0 Å². The quantitative estimate of drug-likeness (QED) is 0.829. The molecule has 1 fully saturated rings. The molecule has 0 atom stereocenters. The van der Waals surface area contributed by atoms with Crippen molar-refractivity contribution in [2.24, 2.45) is 0 Å². The van der Waals surface area contributed by atoms with E-state index >= 15 is 0 Å². The molecule has 106 valence electrons. The Morgan fingerprint density at radius 1 is 0.700 bits per heavy atom. The van der Waals surface area contributed by atoms with Crippen LogP contribution in [0, 0.1) is 0 Å². The van der Waals surface area contributed by atoms with Crippen molar-refractivity contribution in [3.63, 3.8) is 0 Å². The molecule has 0 aromatic heterocycles. The topological polar surface area (TPSA) is 18.5 Å². The number of hydrogen-bond donors (Lipinski definition) is 0. The summed E-state index contributed by atoms with van der Waals surface area (Å²) in [7, 11) is 0. The Hall–Kier alpha value is -1.64. The van der Waals surface area contributed by atoms with Crippen molar-refractivity contribution in [2.75, 3.05) is 13.2 Å². The third kappa shape index (κ3) is 6.00. The van der Waals surface area contributed by atoms with Crippen LogP contribution in [0.1, 0.15) is 24.0 Å². The molecule has 2 heteroatoms. The summed E-state index contributed by atoms with van der Waals surface area (Å²) in [5.74, 6) is 0. The van der Waals surface area contributed by atoms with E-state index in [1.807, 2.05) is 36.4 Å². The van der Waals surface area contributed by atoms with Gasteiger partial charge < -0.3 is 9.47 Å². The Kier molecular flexibility index (Phi) is 6.86. The summed E-state index contributed by atoms with van der Waals surface area (Å²) in [6, 6.07) is 20.4. The van der Waals surface area contributed by atoms with Crippen LogP contribution < -0.4 is 0 Å². The molecule has 0 amide bonds. The molecule has 2 aromatic carbocycles. The Morgan fingerprint density at radius 2 is 1.15 bits per heavy atom. The van der Waals surface area contributed by atoms with Gasteiger partial charge in [-0.15, -0.1) is 0 Å². The van der Waals surface area contributed by atoms with E-state index in [2.05, 4.69) is 24.3 Å². The first-order valence-electron chi connectivity index (χ1n) is 7.18. The molecule has 0 bridgehead atoms. The van der Waals surface area contributed by atoms with E-state index < -0.39 is 0 Å². The number of hydrogen-bond acceptors (Lipinski definition) is 2. The van der Waals surface area contributed by atoms with Crippen LogP contribution in [0.25, 0.3) is 0 Å². The summed E-state index contributed by atoms with van der Waals surface area (Å²) in [5, 5.41) is 0. The molecule has 20 heavy (non-hydrogen) atoms. The van der Waals surface area contributed by atoms with Gasteiger partial charge in [0.15, 0.2) is 0 Å². The highest BCUT2D eigenvalue weighted by molar-refractivity contribution is 5.15. The Bertz CT molecular complexity index is 402. The fourth-order valence-electron chi connectivity index (χ4n) is 1.95. The highest BCUT2D eigenvalue weighted by Crippen LogP contribution is 2.05. The van der Waals surface area contributed by atoms with Gasteiger partial charge in [-0.05, 0) is 24.0 Å². The molecular formula is C18H22O2. The molecule has 0 radical (unpaired) electrons. The van der Waals surface area contributed by atoms with E-state index in [9.17, 15) is 0 Å². The standard InChI is InChI=1S/C14H14O.C4H8O/c1-3-7-13(8-4-1)11-15-12-14-9-5-2-6-10-14;1-2-4-5-3-1/h1-10H,11-12H2;1-4H2. The van der Waals surface area contributed by atoms with Crippen LogP contribution in [0.15, 0.2) is 60.7 Å². The zero-order valence-corrected chi connectivity index (χ0v) is 11.8. The molecule has 3 rings (SSSR count). The average molecular weight is 270 g/mol. The highest BCUT2D eigenvalue weighted by atomic mass is 16.5. The number of benzene rings is 2. The second kappa shape index (κ2) is 9.29. The number of rotatable bonds is 4. The van der Waals surface area contributed by atoms with Gasteiger partial charge in [0.05, 0.1) is 13.2 Å². The van der Waals surface area contributed by atoms with Crippen molar-refractivity contribution in [2.45, 2.75) is 26.1 Å². The van der Waals surface area contributed by atoms with Crippen LogP contribution in [0.5, 0.6) is 0 Å². The SMILES string of the molecule is C1CCOC1.c1ccc(COCc2ccccc2)cc1. The van der Waals surface area contributed by atoms with Gasteiger partial charge in [0.1, 0.15) is 0 Å². The zero-order valence-electron chi connectivity index (χ0n) is 11.8. The Balaban J connectivity index is 0.000000247. The molecule has 1 aliphatic heterocycles. The normalized spacial score (nSPS) is 13.6. The smallest absolute Gasteiger partial charge is 0.0721 e. The van der Waals surface area contributed by atoms with Crippen LogP contribution >= 0.6 is 0 Å². The molecule has 2 nitrogen and oxygen atoms in total. The summed E-state index contributed by atoms with van der Waals surface area (Å²) >= 11 is 0. The van der Waals surface area contributed by atoms with Crippen LogP contribution in [-0.2, 0) is 22.7 Å². The highest BCUT2D eigenvalue weighted by Gasteiger charge is 1.95. The first-order chi connectivity index (χ1) is 9.95. The molecule has 0 aliphatic carbocycles. The van der Waals surface area contributed by atoms with E-state index in [1.165, 1.54) is 24.0 Å². The maximum absolute atomic E-state index is 5.61. The van der Waals surface area contributed by atoms with Crippen LogP contribution in [0.3, 0.4) is 0 Å². The first kappa shape index (κ1) is 14.8. The Labute approximate surface area is 121 Å². The van der Waals surface area contributed by atoms with Crippen molar-refractivity contribution >= 4 is 0 Å². The summed E-state index contributed by atoms with van der Waals surface area (Å²) < 4.78 is 10.6. The third-order valence-corrected chi connectivity index (χ3v) is 3.05. The molecule has 2 aromatic rings. The van der Waals surface area contributed by atoms with E-state index in [-0.39, 0.29) is 0 Å². The van der Waals surface area contributed by atoms with Crippen molar-refractivity contribution in [3.8, 4) is 0 Å². The minimum Gasteiger partial charge on any atom is -0.381 e. The lowest BCUT2D eigenvalue weighted by atomic mass is 10.2. The molecular weight excluding hydrogens is 248 g/mol. The summed E-state index contributed by atoms with van der Waals surface area (Å²) in [5.41, 5.74) is 2.43. The van der Waals surface area contributed by atoms with Gasteiger partial charge in [0.25, 0.3) is 0 Å². The largest absolute Gasteiger partial charge is 0.381 e. The molecule has 0 spiro atoms. The van der Waals surface area contributed by atoms with E-state index in [4.69, 9.17) is 9.47 Å². The van der Waals surface area contributed by atoms with Crippen LogP contribution in [0.2, 0.25) is 0 Å². The molecule has 1 aliphatic rings. The van der Waals surface area contributed by atoms with Gasteiger partial charge in [-0.3, -0.25) is 0 Å². The van der Waals surface area contributed by atoms with Gasteiger partial charge in [-0.1, -0.05) is 60.7 Å². The lowest BCUT2D eigenvalue weighted by Crippen LogP contribution is -1.93. The third-order valence-electron chi connectivity index (χ3n) is 3.05. The van der Waals surface area contributed by atoms with Crippen LogP contribution in [0.4, 0.5) is 0 Å². The van der Waals surface area contributed by atoms with Gasteiger partial charge in [-0.25, -0.2) is 0 Å². The molecule has 1 heterocycles. The second-order valence-electron chi connectivity index (χ2n) is 4.78. The fourth-order valence-corrected chi connectivity index (χ4v) is 1.95. The minimum atomic E-state index is 0.676. The fraction of sp³-hybridized carbons (Fsp3) is 0.333. The van der Waals surface area contributed by atoms with Gasteiger partial charge in [0, 0.05) is 13.2 Å². The predicted molar refractivity (Wildman–Crippen MR) is 81.4 cm³/mol. The lowest BCUT2D eigenvalue weighted by Gasteiger charge is -2.03. The van der Waals surface area contributed by atoms with Gasteiger partial charge in [-0.2, -0.15) is 0 Å². The Morgan fingerprint density at radius 3 is 1.50 bits per heavy atom. The lowest BCUT2D eigenvalue weighted by molar-refractivity contribution is 0.107. The zero-order chi connectivity index (χ0) is 13.9. The molecule has 1 saturated heterocycles.